The Morgan fingerprint density at radius 1 is 1.12 bits per heavy atom. The molecule has 0 atom stereocenters. The van der Waals surface area contributed by atoms with E-state index in [1.165, 1.54) is 6.92 Å². The van der Waals surface area contributed by atoms with Crippen LogP contribution >= 0.6 is 11.3 Å². The predicted molar refractivity (Wildman–Crippen MR) is 126 cm³/mol. The van der Waals surface area contributed by atoms with Crippen LogP contribution in [-0.2, 0) is 9.53 Å². The van der Waals surface area contributed by atoms with Crippen molar-refractivity contribution in [3.63, 3.8) is 0 Å². The highest BCUT2D eigenvalue weighted by Gasteiger charge is 2.21. The Bertz CT molecular complexity index is 1280. The summed E-state index contributed by atoms with van der Waals surface area (Å²) in [6.07, 6.45) is 3.27. The number of nitrogens with two attached hydrogens (primary N) is 1. The predicted octanol–water partition coefficient (Wildman–Crippen LogP) is 3.19. The molecule has 1 saturated heterocycles. The van der Waals surface area contributed by atoms with Crippen LogP contribution in [0.1, 0.15) is 6.92 Å². The van der Waals surface area contributed by atoms with Gasteiger partial charge in [0.15, 0.2) is 11.6 Å². The van der Waals surface area contributed by atoms with E-state index in [-0.39, 0.29) is 11.9 Å². The molecule has 1 aromatic carbocycles. The van der Waals surface area contributed by atoms with E-state index in [1.807, 2.05) is 24.3 Å². The van der Waals surface area contributed by atoms with Crippen molar-refractivity contribution in [3.8, 4) is 21.8 Å². The molecule has 5 rings (SSSR count). The van der Waals surface area contributed by atoms with Gasteiger partial charge >= 0.3 is 0 Å². The second-order valence-electron chi connectivity index (χ2n) is 7.39. The maximum atomic E-state index is 11.5. The molecule has 1 amide bonds. The van der Waals surface area contributed by atoms with Crippen LogP contribution in [0.4, 0.5) is 17.5 Å². The number of benzene rings is 1. The van der Waals surface area contributed by atoms with E-state index < -0.39 is 0 Å². The van der Waals surface area contributed by atoms with Crippen LogP contribution in [0.25, 0.3) is 32.0 Å². The molecule has 4 heterocycles. The molecule has 1 aliphatic heterocycles. The van der Waals surface area contributed by atoms with Gasteiger partial charge in [-0.25, -0.2) is 19.9 Å². The average molecular weight is 448 g/mol. The third kappa shape index (κ3) is 4.10. The number of carbonyl (C=O) groups excluding carboxylic acids is 1. The number of nitrogens with zero attached hydrogens (tertiary/aromatic N) is 5. The van der Waals surface area contributed by atoms with Gasteiger partial charge in [0.25, 0.3) is 0 Å². The molecule has 1 fully saturated rings. The average Bonchev–Trinajstić information content (AvgIpc) is 3.24. The Balaban J connectivity index is 1.63. The van der Waals surface area contributed by atoms with Crippen molar-refractivity contribution in [1.29, 1.82) is 0 Å². The summed E-state index contributed by atoms with van der Waals surface area (Å²) in [5.41, 5.74) is 8.95. The van der Waals surface area contributed by atoms with E-state index >= 15 is 0 Å². The number of ether oxygens (including phenoxy) is 1. The molecule has 0 radical (unpaired) electrons. The van der Waals surface area contributed by atoms with Crippen molar-refractivity contribution in [2.75, 3.05) is 42.3 Å². The van der Waals surface area contributed by atoms with Gasteiger partial charge in [0.2, 0.25) is 11.9 Å². The van der Waals surface area contributed by atoms with E-state index in [0.717, 1.165) is 45.3 Å². The largest absolute Gasteiger partial charge is 0.378 e. The van der Waals surface area contributed by atoms with Gasteiger partial charge in [0.1, 0.15) is 0 Å². The number of carbonyl (C=O) groups is 1. The van der Waals surface area contributed by atoms with Crippen LogP contribution in [0.5, 0.6) is 0 Å². The summed E-state index contributed by atoms with van der Waals surface area (Å²) in [6, 6.07) is 9.84. The quantitative estimate of drug-likeness (QED) is 0.490. The number of morpholine rings is 1. The molecular weight excluding hydrogens is 426 g/mol. The number of thiophene rings is 1. The van der Waals surface area contributed by atoms with Gasteiger partial charge in [-0.2, -0.15) is 0 Å². The minimum Gasteiger partial charge on any atom is -0.378 e. The lowest BCUT2D eigenvalue weighted by molar-refractivity contribution is -0.114. The molecule has 3 aromatic heterocycles. The zero-order valence-electron chi connectivity index (χ0n) is 17.4. The summed E-state index contributed by atoms with van der Waals surface area (Å²) >= 11 is 1.63. The molecule has 0 bridgehead atoms. The summed E-state index contributed by atoms with van der Waals surface area (Å²) < 4.78 is 6.54. The van der Waals surface area contributed by atoms with Gasteiger partial charge in [0.05, 0.1) is 29.0 Å². The molecule has 4 aromatic rings. The summed E-state index contributed by atoms with van der Waals surface area (Å²) in [6.45, 7) is 4.33. The van der Waals surface area contributed by atoms with Gasteiger partial charge in [-0.1, -0.05) is 12.1 Å². The zero-order valence-corrected chi connectivity index (χ0v) is 18.2. The molecule has 0 saturated carbocycles. The number of nitrogen functional groups attached to an aromatic ring is 1. The van der Waals surface area contributed by atoms with Crippen LogP contribution in [0.3, 0.4) is 0 Å². The van der Waals surface area contributed by atoms with E-state index in [4.69, 9.17) is 20.4 Å². The Morgan fingerprint density at radius 3 is 2.66 bits per heavy atom. The molecule has 1 aliphatic rings. The van der Waals surface area contributed by atoms with Gasteiger partial charge in [0, 0.05) is 43.0 Å². The summed E-state index contributed by atoms with van der Waals surface area (Å²) in [4.78, 5) is 32.6. The van der Waals surface area contributed by atoms with Crippen LogP contribution in [-0.4, -0.2) is 52.1 Å². The van der Waals surface area contributed by atoms with E-state index in [0.29, 0.717) is 24.6 Å². The normalized spacial score (nSPS) is 14.0. The number of hydrogen-bond acceptors (Lipinski definition) is 9. The van der Waals surface area contributed by atoms with Gasteiger partial charge in [-0.3, -0.25) is 4.79 Å². The fourth-order valence-corrected chi connectivity index (χ4v) is 4.69. The van der Waals surface area contributed by atoms with Crippen molar-refractivity contribution in [2.45, 2.75) is 6.92 Å². The lowest BCUT2D eigenvalue weighted by Gasteiger charge is -2.28. The maximum absolute atomic E-state index is 11.5. The number of anilines is 3. The second kappa shape index (κ2) is 8.48. The number of fused-ring (bicyclic) bond motifs is 1. The number of nitrogens with one attached hydrogen (secondary N) is 1. The zero-order chi connectivity index (χ0) is 22.1. The highest BCUT2D eigenvalue weighted by molar-refractivity contribution is 7.22. The Kier molecular flexibility index (Phi) is 5.38. The Labute approximate surface area is 188 Å². The lowest BCUT2D eigenvalue weighted by atomic mass is 10.1. The molecule has 0 unspecified atom stereocenters. The molecule has 10 heteroatoms. The number of aromatic nitrogens is 4. The molecule has 0 spiro atoms. The molecule has 32 heavy (non-hydrogen) atoms. The van der Waals surface area contributed by atoms with Crippen LogP contribution in [0.2, 0.25) is 0 Å². The third-order valence-corrected chi connectivity index (χ3v) is 6.23. The van der Waals surface area contributed by atoms with Gasteiger partial charge < -0.3 is 20.7 Å². The van der Waals surface area contributed by atoms with Crippen LogP contribution in [0, 0.1) is 0 Å². The maximum Gasteiger partial charge on any atom is 0.221 e. The monoisotopic (exact) mass is 447 g/mol. The molecule has 0 aliphatic carbocycles. The van der Waals surface area contributed by atoms with Crippen LogP contribution < -0.4 is 16.0 Å². The minimum absolute atomic E-state index is 0.102. The molecule has 3 N–H and O–H groups in total. The Morgan fingerprint density at radius 2 is 1.91 bits per heavy atom. The highest BCUT2D eigenvalue weighted by Crippen LogP contribution is 2.39. The third-order valence-electron chi connectivity index (χ3n) is 5.06. The van der Waals surface area contributed by atoms with Crippen molar-refractivity contribution < 1.29 is 9.53 Å². The molecule has 9 nitrogen and oxygen atoms in total. The smallest absolute Gasteiger partial charge is 0.221 e. The van der Waals surface area contributed by atoms with Crippen molar-refractivity contribution in [2.24, 2.45) is 0 Å². The number of amides is 1. The summed E-state index contributed by atoms with van der Waals surface area (Å²) in [7, 11) is 0. The first-order valence-electron chi connectivity index (χ1n) is 10.2. The Hall–Kier alpha value is -3.63. The minimum atomic E-state index is -0.102. The standard InChI is InChI=1S/C22H21N7O2S/c1-13(30)26-16-4-2-3-14(9-16)18-10-17-19(32-18)21(29-5-7-31-8-6-29)28-20(27-17)15-11-24-22(23)25-12-15/h2-4,9-12H,5-8H2,1H3,(H,26,30)(H2,23,24,25). The first-order chi connectivity index (χ1) is 15.6. The summed E-state index contributed by atoms with van der Waals surface area (Å²) in [5.74, 6) is 1.53. The van der Waals surface area contributed by atoms with E-state index in [9.17, 15) is 4.79 Å². The topological polar surface area (TPSA) is 119 Å². The van der Waals surface area contributed by atoms with Crippen LogP contribution in [0.15, 0.2) is 42.7 Å². The number of hydrogen-bond donors (Lipinski definition) is 2. The molecular formula is C22H21N7O2S. The van der Waals surface area contributed by atoms with E-state index in [1.54, 1.807) is 23.7 Å². The first kappa shape index (κ1) is 20.3. The molecule has 162 valence electrons. The number of rotatable bonds is 4. The van der Waals surface area contributed by atoms with Crippen molar-refractivity contribution in [3.05, 3.63) is 42.7 Å². The fourth-order valence-electron chi connectivity index (χ4n) is 3.58. The summed E-state index contributed by atoms with van der Waals surface area (Å²) in [5, 5.41) is 2.84. The van der Waals surface area contributed by atoms with Crippen molar-refractivity contribution >= 4 is 44.9 Å². The lowest BCUT2D eigenvalue weighted by Crippen LogP contribution is -2.36. The fraction of sp³-hybridized carbons (Fsp3) is 0.227. The highest BCUT2D eigenvalue weighted by atomic mass is 32.1. The van der Waals surface area contributed by atoms with Gasteiger partial charge in [-0.05, 0) is 23.8 Å². The second-order valence-corrected chi connectivity index (χ2v) is 8.44. The van der Waals surface area contributed by atoms with Crippen molar-refractivity contribution in [1.82, 2.24) is 19.9 Å². The first-order valence-corrected chi connectivity index (χ1v) is 11.0. The van der Waals surface area contributed by atoms with E-state index in [2.05, 4.69) is 26.3 Å². The SMILES string of the molecule is CC(=O)Nc1cccc(-c2cc3nc(-c4cnc(N)nc4)nc(N4CCOCC4)c3s2)c1. The van der Waals surface area contributed by atoms with Gasteiger partial charge in [-0.15, -0.1) is 11.3 Å².